The van der Waals surface area contributed by atoms with Crippen LogP contribution in [0.2, 0.25) is 0 Å². The van der Waals surface area contributed by atoms with Gasteiger partial charge in [0.2, 0.25) is 0 Å². The average Bonchev–Trinajstić information content (AvgIpc) is 2.46. The lowest BCUT2D eigenvalue weighted by Gasteiger charge is -2.15. The van der Waals surface area contributed by atoms with Crippen LogP contribution in [0.1, 0.15) is 20.7 Å². The van der Waals surface area contributed by atoms with Crippen LogP contribution in [-0.2, 0) is 0 Å². The largest absolute Gasteiger partial charge is 0.478 e. The monoisotopic (exact) mass is 256 g/mol. The van der Waals surface area contributed by atoms with Gasteiger partial charge in [-0.3, -0.25) is 9.69 Å². The molecule has 0 fully saturated rings. The molecular weight excluding hydrogens is 244 g/mol. The fourth-order valence-electron chi connectivity index (χ4n) is 1.61. The molecule has 5 nitrogen and oxygen atoms in total. The number of anilines is 1. The van der Waals surface area contributed by atoms with Gasteiger partial charge in [0, 0.05) is 18.8 Å². The minimum absolute atomic E-state index is 0.150. The second-order valence-electron chi connectivity index (χ2n) is 3.93. The molecule has 96 valence electrons. The lowest BCUT2D eigenvalue weighted by molar-refractivity contribution is 0.0696. The second kappa shape index (κ2) is 5.30. The molecule has 1 aromatic heterocycles. The number of pyridine rings is 1. The van der Waals surface area contributed by atoms with Crippen molar-refractivity contribution in [1.29, 1.82) is 0 Å². The van der Waals surface area contributed by atoms with Crippen molar-refractivity contribution < 1.29 is 14.7 Å². The van der Waals surface area contributed by atoms with Crippen LogP contribution in [0.3, 0.4) is 0 Å². The quantitative estimate of drug-likeness (QED) is 0.912. The van der Waals surface area contributed by atoms with Crippen molar-refractivity contribution in [2.24, 2.45) is 0 Å². The Labute approximate surface area is 110 Å². The minimum atomic E-state index is -1.02. The first-order valence-electron chi connectivity index (χ1n) is 5.62. The third kappa shape index (κ3) is 2.77. The molecule has 0 saturated carbocycles. The summed E-state index contributed by atoms with van der Waals surface area (Å²) in [5.41, 5.74) is 0.565. The van der Waals surface area contributed by atoms with Crippen molar-refractivity contribution in [3.05, 3.63) is 59.8 Å². The van der Waals surface area contributed by atoms with Gasteiger partial charge in [-0.2, -0.15) is 0 Å². The van der Waals surface area contributed by atoms with Crippen LogP contribution in [0.5, 0.6) is 0 Å². The lowest BCUT2D eigenvalue weighted by Crippen LogP contribution is -2.26. The van der Waals surface area contributed by atoms with Crippen LogP contribution in [0.25, 0.3) is 0 Å². The molecule has 1 N–H and O–H groups in total. The Balaban J connectivity index is 2.22. The summed E-state index contributed by atoms with van der Waals surface area (Å²) in [7, 11) is 1.62. The molecule has 0 spiro atoms. The summed E-state index contributed by atoms with van der Waals surface area (Å²) in [5.74, 6) is -0.720. The number of benzene rings is 1. The molecule has 0 radical (unpaired) electrons. The maximum atomic E-state index is 12.2. The number of aromatic carboxylic acids is 1. The van der Waals surface area contributed by atoms with E-state index in [2.05, 4.69) is 4.98 Å². The summed E-state index contributed by atoms with van der Waals surface area (Å²) in [5, 5.41) is 8.80. The molecule has 0 bridgehead atoms. The van der Waals surface area contributed by atoms with Crippen LogP contribution >= 0.6 is 0 Å². The topological polar surface area (TPSA) is 70.5 Å². The van der Waals surface area contributed by atoms with Crippen LogP contribution in [-0.4, -0.2) is 29.0 Å². The summed E-state index contributed by atoms with van der Waals surface area (Å²) in [6.45, 7) is 0. The van der Waals surface area contributed by atoms with Crippen LogP contribution < -0.4 is 4.90 Å². The molecule has 0 aliphatic carbocycles. The summed E-state index contributed by atoms with van der Waals surface area (Å²) < 4.78 is 0. The van der Waals surface area contributed by atoms with E-state index in [1.54, 1.807) is 31.4 Å². The number of carboxylic acids is 1. The number of hydrogen-bond donors (Lipinski definition) is 1. The van der Waals surface area contributed by atoms with E-state index in [1.807, 2.05) is 0 Å². The third-order valence-electron chi connectivity index (χ3n) is 2.68. The molecule has 0 aliphatic heterocycles. The van der Waals surface area contributed by atoms with Crippen molar-refractivity contribution in [3.63, 3.8) is 0 Å². The van der Waals surface area contributed by atoms with Gasteiger partial charge in [-0.15, -0.1) is 0 Å². The first-order chi connectivity index (χ1) is 9.09. The third-order valence-corrected chi connectivity index (χ3v) is 2.68. The number of carbonyl (C=O) groups excluding carboxylic acids is 1. The number of aromatic nitrogens is 1. The van der Waals surface area contributed by atoms with E-state index in [-0.39, 0.29) is 11.5 Å². The Hall–Kier alpha value is -2.69. The molecule has 2 rings (SSSR count). The minimum Gasteiger partial charge on any atom is -0.478 e. The van der Waals surface area contributed by atoms with Gasteiger partial charge in [-0.05, 0) is 36.4 Å². The fourth-order valence-corrected chi connectivity index (χ4v) is 1.61. The van der Waals surface area contributed by atoms with Gasteiger partial charge in [0.25, 0.3) is 5.91 Å². The fraction of sp³-hybridized carbons (Fsp3) is 0.0714. The molecule has 0 aliphatic rings. The van der Waals surface area contributed by atoms with Crippen molar-refractivity contribution in [1.82, 2.24) is 4.98 Å². The van der Waals surface area contributed by atoms with Crippen molar-refractivity contribution in [2.45, 2.75) is 0 Å². The first kappa shape index (κ1) is 12.8. The molecule has 1 aromatic carbocycles. The normalized spacial score (nSPS) is 9.95. The highest BCUT2D eigenvalue weighted by Gasteiger charge is 2.14. The number of rotatable bonds is 3. The number of carboxylic acid groups (broad SMARTS) is 1. The summed E-state index contributed by atoms with van der Waals surface area (Å²) >= 11 is 0. The van der Waals surface area contributed by atoms with Gasteiger partial charge < -0.3 is 5.11 Å². The maximum absolute atomic E-state index is 12.2. The highest BCUT2D eigenvalue weighted by molar-refractivity contribution is 6.05. The van der Waals surface area contributed by atoms with Crippen molar-refractivity contribution in [2.75, 3.05) is 11.9 Å². The van der Waals surface area contributed by atoms with E-state index in [0.717, 1.165) is 0 Å². The van der Waals surface area contributed by atoms with E-state index in [9.17, 15) is 9.59 Å². The number of amides is 1. The van der Waals surface area contributed by atoms with E-state index < -0.39 is 5.97 Å². The van der Waals surface area contributed by atoms with Gasteiger partial charge in [-0.25, -0.2) is 9.78 Å². The van der Waals surface area contributed by atoms with E-state index >= 15 is 0 Å². The van der Waals surface area contributed by atoms with Gasteiger partial charge >= 0.3 is 5.97 Å². The zero-order chi connectivity index (χ0) is 13.8. The second-order valence-corrected chi connectivity index (χ2v) is 3.93. The molecule has 2 aromatic rings. The number of carbonyl (C=O) groups is 2. The molecule has 5 heteroatoms. The highest BCUT2D eigenvalue weighted by atomic mass is 16.4. The van der Waals surface area contributed by atoms with Gasteiger partial charge in [0.05, 0.1) is 5.56 Å². The smallest absolute Gasteiger partial charge is 0.335 e. The van der Waals surface area contributed by atoms with Gasteiger partial charge in [0.1, 0.15) is 5.82 Å². The zero-order valence-corrected chi connectivity index (χ0v) is 10.3. The van der Waals surface area contributed by atoms with Crippen LogP contribution in [0.15, 0.2) is 48.7 Å². The van der Waals surface area contributed by atoms with Gasteiger partial charge in [0.15, 0.2) is 0 Å². The zero-order valence-electron chi connectivity index (χ0n) is 10.3. The molecule has 1 heterocycles. The standard InChI is InChI=1S/C14H12N2O3/c1-16(12-4-2-3-9-15-12)13(17)10-5-7-11(8-6-10)14(18)19/h2-9H,1H3,(H,18,19). The average molecular weight is 256 g/mol. The van der Waals surface area contributed by atoms with Crippen molar-refractivity contribution >= 4 is 17.7 Å². The van der Waals surface area contributed by atoms with E-state index in [0.29, 0.717) is 11.4 Å². The van der Waals surface area contributed by atoms with Gasteiger partial charge in [-0.1, -0.05) is 6.07 Å². The predicted octanol–water partition coefficient (Wildman–Crippen LogP) is 2.06. The highest BCUT2D eigenvalue weighted by Crippen LogP contribution is 2.12. The number of nitrogens with zero attached hydrogens (tertiary/aromatic N) is 2. The summed E-state index contributed by atoms with van der Waals surface area (Å²) in [6, 6.07) is 11.1. The molecule has 0 atom stereocenters. The Morgan fingerprint density at radius 2 is 1.68 bits per heavy atom. The molecular formula is C14H12N2O3. The SMILES string of the molecule is CN(C(=O)c1ccc(C(=O)O)cc1)c1ccccn1. The lowest BCUT2D eigenvalue weighted by atomic mass is 10.1. The Morgan fingerprint density at radius 3 is 2.21 bits per heavy atom. The van der Waals surface area contributed by atoms with E-state index in [1.165, 1.54) is 29.2 Å². The predicted molar refractivity (Wildman–Crippen MR) is 70.4 cm³/mol. The Morgan fingerprint density at radius 1 is 1.05 bits per heavy atom. The molecule has 19 heavy (non-hydrogen) atoms. The summed E-state index contributed by atoms with van der Waals surface area (Å²) in [4.78, 5) is 28.4. The molecule has 0 unspecified atom stereocenters. The van der Waals surface area contributed by atoms with E-state index in [4.69, 9.17) is 5.11 Å². The molecule has 0 saturated heterocycles. The van der Waals surface area contributed by atoms with Crippen LogP contribution in [0, 0.1) is 0 Å². The maximum Gasteiger partial charge on any atom is 0.335 e. The number of hydrogen-bond acceptors (Lipinski definition) is 3. The Bertz CT molecular complexity index is 594. The first-order valence-corrected chi connectivity index (χ1v) is 5.62. The van der Waals surface area contributed by atoms with Crippen LogP contribution in [0.4, 0.5) is 5.82 Å². The van der Waals surface area contributed by atoms with Crippen molar-refractivity contribution in [3.8, 4) is 0 Å². The Kier molecular flexibility index (Phi) is 3.56. The summed E-state index contributed by atoms with van der Waals surface area (Å²) in [6.07, 6.45) is 1.60. The molecule has 1 amide bonds.